The van der Waals surface area contributed by atoms with E-state index in [-0.39, 0.29) is 5.91 Å². The van der Waals surface area contributed by atoms with E-state index < -0.39 is 0 Å². The molecule has 1 amide bonds. The molecule has 0 aliphatic carbocycles. The van der Waals surface area contributed by atoms with Gasteiger partial charge in [0.2, 0.25) is 0 Å². The second kappa shape index (κ2) is 6.92. The SMILES string of the molecule is Cc1nc(C(=O)N2CCC(COc3ccccc3)CC2)cs1. The van der Waals surface area contributed by atoms with E-state index in [0.717, 1.165) is 43.3 Å². The molecule has 4 nitrogen and oxygen atoms in total. The molecule has 0 N–H and O–H groups in total. The van der Waals surface area contributed by atoms with E-state index in [1.54, 1.807) is 0 Å². The Balaban J connectivity index is 1.47. The van der Waals surface area contributed by atoms with Crippen LogP contribution in [0, 0.1) is 12.8 Å². The number of aromatic nitrogens is 1. The average Bonchev–Trinajstić information content (AvgIpc) is 3.00. The Morgan fingerprint density at radius 3 is 2.68 bits per heavy atom. The number of carbonyl (C=O) groups excluding carboxylic acids is 1. The van der Waals surface area contributed by atoms with Gasteiger partial charge in [-0.05, 0) is 37.8 Å². The maximum absolute atomic E-state index is 12.3. The predicted octanol–water partition coefficient (Wildman–Crippen LogP) is 3.38. The van der Waals surface area contributed by atoms with Crippen LogP contribution in [0.15, 0.2) is 35.7 Å². The molecular weight excluding hydrogens is 296 g/mol. The first-order chi connectivity index (χ1) is 10.7. The summed E-state index contributed by atoms with van der Waals surface area (Å²) in [5.41, 5.74) is 0.585. The largest absolute Gasteiger partial charge is 0.493 e. The molecule has 1 saturated heterocycles. The highest BCUT2D eigenvalue weighted by atomic mass is 32.1. The molecule has 1 aromatic carbocycles. The van der Waals surface area contributed by atoms with Crippen LogP contribution in [0.4, 0.5) is 0 Å². The second-order valence-electron chi connectivity index (χ2n) is 5.61. The van der Waals surface area contributed by atoms with Gasteiger partial charge in [-0.25, -0.2) is 4.98 Å². The van der Waals surface area contributed by atoms with E-state index >= 15 is 0 Å². The van der Waals surface area contributed by atoms with Crippen LogP contribution in [0.25, 0.3) is 0 Å². The molecule has 3 rings (SSSR count). The number of likely N-dealkylation sites (tertiary alicyclic amines) is 1. The molecule has 1 aliphatic rings. The van der Waals surface area contributed by atoms with Crippen molar-refractivity contribution in [3.63, 3.8) is 0 Å². The van der Waals surface area contributed by atoms with Gasteiger partial charge in [-0.15, -0.1) is 11.3 Å². The van der Waals surface area contributed by atoms with Gasteiger partial charge in [-0.1, -0.05) is 18.2 Å². The molecule has 0 atom stereocenters. The standard InChI is InChI=1S/C17H20N2O2S/c1-13-18-16(12-22-13)17(20)19-9-7-14(8-10-19)11-21-15-5-3-2-4-6-15/h2-6,12,14H,7-11H2,1H3. The van der Waals surface area contributed by atoms with Crippen molar-refractivity contribution in [1.29, 1.82) is 0 Å². The number of thiazole rings is 1. The third-order valence-corrected chi connectivity index (χ3v) is 4.74. The Morgan fingerprint density at radius 1 is 1.32 bits per heavy atom. The summed E-state index contributed by atoms with van der Waals surface area (Å²) in [6.45, 7) is 4.23. The van der Waals surface area contributed by atoms with Crippen LogP contribution in [0.3, 0.4) is 0 Å². The molecule has 1 aromatic heterocycles. The molecule has 0 spiro atoms. The highest BCUT2D eigenvalue weighted by molar-refractivity contribution is 7.09. The number of rotatable bonds is 4. The Labute approximate surface area is 134 Å². The Bertz CT molecular complexity index is 619. The summed E-state index contributed by atoms with van der Waals surface area (Å²) in [6.07, 6.45) is 1.98. The van der Waals surface area contributed by atoms with E-state index in [9.17, 15) is 4.79 Å². The van der Waals surface area contributed by atoms with Crippen LogP contribution in [-0.4, -0.2) is 35.5 Å². The van der Waals surface area contributed by atoms with Crippen molar-refractivity contribution in [2.45, 2.75) is 19.8 Å². The van der Waals surface area contributed by atoms with E-state index in [4.69, 9.17) is 4.74 Å². The zero-order valence-corrected chi connectivity index (χ0v) is 13.5. The Hall–Kier alpha value is -1.88. The van der Waals surface area contributed by atoms with E-state index in [1.165, 1.54) is 11.3 Å². The van der Waals surface area contributed by atoms with Crippen LogP contribution in [0.2, 0.25) is 0 Å². The van der Waals surface area contributed by atoms with Crippen molar-refractivity contribution in [3.8, 4) is 5.75 Å². The lowest BCUT2D eigenvalue weighted by Gasteiger charge is -2.31. The monoisotopic (exact) mass is 316 g/mol. The molecule has 0 radical (unpaired) electrons. The van der Waals surface area contributed by atoms with Gasteiger partial charge < -0.3 is 9.64 Å². The van der Waals surface area contributed by atoms with Gasteiger partial charge in [0.05, 0.1) is 11.6 Å². The smallest absolute Gasteiger partial charge is 0.273 e. The minimum absolute atomic E-state index is 0.0618. The molecule has 1 fully saturated rings. The third kappa shape index (κ3) is 3.65. The summed E-state index contributed by atoms with van der Waals surface area (Å²) in [6, 6.07) is 9.89. The van der Waals surface area contributed by atoms with E-state index in [1.807, 2.05) is 47.5 Å². The van der Waals surface area contributed by atoms with Crippen molar-refractivity contribution in [2.75, 3.05) is 19.7 Å². The van der Waals surface area contributed by atoms with Gasteiger partial charge in [-0.2, -0.15) is 0 Å². The van der Waals surface area contributed by atoms with Gasteiger partial charge in [0.1, 0.15) is 11.4 Å². The predicted molar refractivity (Wildman–Crippen MR) is 87.4 cm³/mol. The minimum Gasteiger partial charge on any atom is -0.493 e. The second-order valence-corrected chi connectivity index (χ2v) is 6.67. The van der Waals surface area contributed by atoms with Crippen LogP contribution in [0.1, 0.15) is 28.3 Å². The number of nitrogens with zero attached hydrogens (tertiary/aromatic N) is 2. The van der Waals surface area contributed by atoms with Crippen molar-refractivity contribution in [3.05, 3.63) is 46.4 Å². The topological polar surface area (TPSA) is 42.4 Å². The highest BCUT2D eigenvalue weighted by Gasteiger charge is 2.25. The van der Waals surface area contributed by atoms with Gasteiger partial charge in [0.15, 0.2) is 0 Å². The quantitative estimate of drug-likeness (QED) is 0.868. The molecule has 2 aromatic rings. The van der Waals surface area contributed by atoms with Crippen molar-refractivity contribution in [1.82, 2.24) is 9.88 Å². The Morgan fingerprint density at radius 2 is 2.05 bits per heavy atom. The molecular formula is C17H20N2O2S. The lowest BCUT2D eigenvalue weighted by atomic mass is 9.97. The highest BCUT2D eigenvalue weighted by Crippen LogP contribution is 2.21. The van der Waals surface area contributed by atoms with E-state index in [0.29, 0.717) is 11.6 Å². The maximum Gasteiger partial charge on any atom is 0.273 e. The summed E-state index contributed by atoms with van der Waals surface area (Å²) in [4.78, 5) is 18.5. The Kier molecular flexibility index (Phi) is 4.73. The number of carbonyl (C=O) groups is 1. The first kappa shape index (κ1) is 15.0. The fourth-order valence-corrected chi connectivity index (χ4v) is 3.24. The molecule has 0 unspecified atom stereocenters. The fourth-order valence-electron chi connectivity index (χ4n) is 2.66. The molecule has 22 heavy (non-hydrogen) atoms. The number of aryl methyl sites for hydroxylation is 1. The zero-order valence-electron chi connectivity index (χ0n) is 12.7. The maximum atomic E-state index is 12.3. The van der Waals surface area contributed by atoms with Gasteiger partial charge >= 0.3 is 0 Å². The number of hydrogen-bond donors (Lipinski definition) is 0. The van der Waals surface area contributed by atoms with Crippen molar-refractivity contribution < 1.29 is 9.53 Å². The summed E-state index contributed by atoms with van der Waals surface area (Å²) >= 11 is 1.52. The van der Waals surface area contributed by atoms with Crippen molar-refractivity contribution in [2.24, 2.45) is 5.92 Å². The number of benzene rings is 1. The minimum atomic E-state index is 0.0618. The first-order valence-corrected chi connectivity index (χ1v) is 8.49. The summed E-state index contributed by atoms with van der Waals surface area (Å²) in [7, 11) is 0. The molecule has 2 heterocycles. The van der Waals surface area contributed by atoms with E-state index in [2.05, 4.69) is 4.98 Å². The van der Waals surface area contributed by atoms with Gasteiger partial charge in [-0.3, -0.25) is 4.79 Å². The van der Waals surface area contributed by atoms with Gasteiger partial charge in [0.25, 0.3) is 5.91 Å². The molecule has 116 valence electrons. The zero-order chi connectivity index (χ0) is 15.4. The first-order valence-electron chi connectivity index (χ1n) is 7.61. The van der Waals surface area contributed by atoms with Crippen molar-refractivity contribution >= 4 is 17.2 Å². The number of piperidine rings is 1. The van der Waals surface area contributed by atoms with Crippen LogP contribution in [0.5, 0.6) is 5.75 Å². The molecule has 0 bridgehead atoms. The van der Waals surface area contributed by atoms with Gasteiger partial charge in [0, 0.05) is 18.5 Å². The molecule has 1 aliphatic heterocycles. The molecule has 5 heteroatoms. The number of para-hydroxylation sites is 1. The van der Waals surface area contributed by atoms with Crippen LogP contribution in [-0.2, 0) is 0 Å². The summed E-state index contributed by atoms with van der Waals surface area (Å²) in [5.74, 6) is 1.49. The number of hydrogen-bond acceptors (Lipinski definition) is 4. The summed E-state index contributed by atoms with van der Waals surface area (Å²) < 4.78 is 5.82. The third-order valence-electron chi connectivity index (χ3n) is 3.97. The lowest BCUT2D eigenvalue weighted by Crippen LogP contribution is -2.39. The molecule has 0 saturated carbocycles. The lowest BCUT2D eigenvalue weighted by molar-refractivity contribution is 0.0656. The normalized spacial score (nSPS) is 15.8. The van der Waals surface area contributed by atoms with Crippen LogP contribution < -0.4 is 4.74 Å². The number of amides is 1. The number of ether oxygens (including phenoxy) is 1. The van der Waals surface area contributed by atoms with Crippen LogP contribution >= 0.6 is 11.3 Å². The summed E-state index contributed by atoms with van der Waals surface area (Å²) in [5, 5.41) is 2.79. The average molecular weight is 316 g/mol. The fraction of sp³-hybridized carbons (Fsp3) is 0.412.